The molecule has 0 unspecified atom stereocenters. The third kappa shape index (κ3) is 6.88. The molecule has 0 spiro atoms. The summed E-state index contributed by atoms with van der Waals surface area (Å²) in [5.74, 6) is 1.54. The average molecular weight is 294 g/mol. The van der Waals surface area contributed by atoms with E-state index in [9.17, 15) is 4.79 Å². The molecule has 2 amide bonds. The van der Waals surface area contributed by atoms with Crippen LogP contribution in [0.4, 0.5) is 4.79 Å². The van der Waals surface area contributed by atoms with Crippen LogP contribution in [0.15, 0.2) is 24.3 Å². The van der Waals surface area contributed by atoms with E-state index in [1.165, 1.54) is 0 Å². The minimum absolute atomic E-state index is 0.0601. The van der Waals surface area contributed by atoms with E-state index >= 15 is 0 Å². The lowest BCUT2D eigenvalue weighted by molar-refractivity contribution is 0.204. The van der Waals surface area contributed by atoms with Gasteiger partial charge in [0.25, 0.3) is 0 Å². The molecule has 1 aromatic carbocycles. The first kappa shape index (κ1) is 17.1. The van der Waals surface area contributed by atoms with Gasteiger partial charge in [0, 0.05) is 19.7 Å². The lowest BCUT2D eigenvalue weighted by atomic mass is 10.3. The van der Waals surface area contributed by atoms with Crippen LogP contribution in [0.3, 0.4) is 0 Å². The Morgan fingerprint density at radius 2 is 1.95 bits per heavy atom. The van der Waals surface area contributed by atoms with E-state index < -0.39 is 0 Å². The third-order valence-electron chi connectivity index (χ3n) is 2.96. The summed E-state index contributed by atoms with van der Waals surface area (Å²) in [4.78, 5) is 13.4. The molecule has 1 rings (SSSR count). The number of carbonyl (C=O) groups is 1. The zero-order valence-corrected chi connectivity index (χ0v) is 13.2. The Morgan fingerprint density at radius 3 is 2.62 bits per heavy atom. The largest absolute Gasteiger partial charge is 0.494 e. The molecular formula is C16H26N2O3. The first-order chi connectivity index (χ1) is 10.2. The first-order valence-corrected chi connectivity index (χ1v) is 7.52. The average Bonchev–Trinajstić information content (AvgIpc) is 2.49. The van der Waals surface area contributed by atoms with Gasteiger partial charge in [0.1, 0.15) is 18.1 Å². The summed E-state index contributed by atoms with van der Waals surface area (Å²) in [6.45, 7) is 6.37. The smallest absolute Gasteiger partial charge is 0.317 e. The molecule has 0 radical (unpaired) electrons. The lowest BCUT2D eigenvalue weighted by Gasteiger charge is -2.17. The summed E-state index contributed by atoms with van der Waals surface area (Å²) >= 11 is 0. The number of rotatable bonds is 9. The maximum Gasteiger partial charge on any atom is 0.317 e. The highest BCUT2D eigenvalue weighted by Crippen LogP contribution is 2.19. The summed E-state index contributed by atoms with van der Waals surface area (Å²) in [6, 6.07) is 7.43. The molecule has 1 aromatic rings. The van der Waals surface area contributed by atoms with Gasteiger partial charge in [-0.2, -0.15) is 0 Å². The first-order valence-electron chi connectivity index (χ1n) is 7.52. The molecule has 118 valence electrons. The van der Waals surface area contributed by atoms with Crippen molar-refractivity contribution in [1.82, 2.24) is 10.2 Å². The maximum atomic E-state index is 11.7. The van der Waals surface area contributed by atoms with Gasteiger partial charge in [0.2, 0.25) is 0 Å². The number of benzene rings is 1. The van der Waals surface area contributed by atoms with E-state index in [0.29, 0.717) is 19.8 Å². The number of hydrogen-bond acceptors (Lipinski definition) is 3. The highest BCUT2D eigenvalue weighted by molar-refractivity contribution is 5.73. The van der Waals surface area contributed by atoms with E-state index in [4.69, 9.17) is 9.47 Å². The molecule has 5 nitrogen and oxygen atoms in total. The van der Waals surface area contributed by atoms with Crippen molar-refractivity contribution < 1.29 is 14.3 Å². The van der Waals surface area contributed by atoms with E-state index in [2.05, 4.69) is 12.2 Å². The van der Waals surface area contributed by atoms with Crippen molar-refractivity contribution in [2.24, 2.45) is 0 Å². The SMILES string of the molecule is CCCCN(C)C(=O)NCCOc1cccc(OCC)c1. The number of nitrogens with zero attached hydrogens (tertiary/aromatic N) is 1. The van der Waals surface area contributed by atoms with Crippen molar-refractivity contribution in [3.05, 3.63) is 24.3 Å². The molecular weight excluding hydrogens is 268 g/mol. The van der Waals surface area contributed by atoms with Gasteiger partial charge in [-0.3, -0.25) is 0 Å². The lowest BCUT2D eigenvalue weighted by Crippen LogP contribution is -2.39. The third-order valence-corrected chi connectivity index (χ3v) is 2.96. The van der Waals surface area contributed by atoms with Crippen molar-refractivity contribution in [1.29, 1.82) is 0 Å². The second-order valence-electron chi connectivity index (χ2n) is 4.76. The van der Waals surface area contributed by atoms with E-state index in [1.807, 2.05) is 31.2 Å². The van der Waals surface area contributed by atoms with Gasteiger partial charge in [-0.25, -0.2) is 4.79 Å². The topological polar surface area (TPSA) is 50.8 Å². The molecule has 0 aliphatic carbocycles. The van der Waals surface area contributed by atoms with Crippen LogP contribution in [0.1, 0.15) is 26.7 Å². The van der Waals surface area contributed by atoms with E-state index in [1.54, 1.807) is 11.9 Å². The zero-order chi connectivity index (χ0) is 15.5. The molecule has 0 heterocycles. The molecule has 0 aliphatic heterocycles. The Morgan fingerprint density at radius 1 is 1.24 bits per heavy atom. The number of urea groups is 1. The van der Waals surface area contributed by atoms with Crippen molar-refractivity contribution >= 4 is 6.03 Å². The summed E-state index contributed by atoms with van der Waals surface area (Å²) in [5.41, 5.74) is 0. The zero-order valence-electron chi connectivity index (χ0n) is 13.2. The summed E-state index contributed by atoms with van der Waals surface area (Å²) in [7, 11) is 1.80. The molecule has 0 atom stereocenters. The summed E-state index contributed by atoms with van der Waals surface area (Å²) < 4.78 is 11.0. The molecule has 0 saturated heterocycles. The van der Waals surface area contributed by atoms with Gasteiger partial charge in [-0.15, -0.1) is 0 Å². The molecule has 0 fully saturated rings. The number of ether oxygens (including phenoxy) is 2. The highest BCUT2D eigenvalue weighted by Gasteiger charge is 2.06. The van der Waals surface area contributed by atoms with Crippen LogP contribution in [-0.4, -0.2) is 44.3 Å². The number of amides is 2. The predicted molar refractivity (Wildman–Crippen MR) is 84.0 cm³/mol. The molecule has 21 heavy (non-hydrogen) atoms. The number of hydrogen-bond donors (Lipinski definition) is 1. The standard InChI is InChI=1S/C16H26N2O3/c1-4-6-11-18(3)16(19)17-10-12-21-15-9-7-8-14(13-15)20-5-2/h7-9,13H,4-6,10-12H2,1-3H3,(H,17,19). The monoisotopic (exact) mass is 294 g/mol. The predicted octanol–water partition coefficient (Wildman–Crippen LogP) is 2.91. The number of nitrogens with one attached hydrogen (secondary N) is 1. The highest BCUT2D eigenvalue weighted by atomic mass is 16.5. The fourth-order valence-electron chi connectivity index (χ4n) is 1.78. The second kappa shape index (κ2) is 9.91. The van der Waals surface area contributed by atoms with Gasteiger partial charge in [0.05, 0.1) is 13.2 Å². The summed E-state index contributed by atoms with van der Waals surface area (Å²) in [5, 5.41) is 2.83. The van der Waals surface area contributed by atoms with Crippen molar-refractivity contribution in [2.45, 2.75) is 26.7 Å². The minimum atomic E-state index is -0.0601. The molecule has 0 aliphatic rings. The fraction of sp³-hybridized carbons (Fsp3) is 0.562. The van der Waals surface area contributed by atoms with Crippen LogP contribution in [0.2, 0.25) is 0 Å². The van der Waals surface area contributed by atoms with Gasteiger partial charge in [-0.05, 0) is 25.5 Å². The quantitative estimate of drug-likeness (QED) is 0.712. The van der Waals surface area contributed by atoms with E-state index in [-0.39, 0.29) is 6.03 Å². The Hall–Kier alpha value is -1.91. The summed E-state index contributed by atoms with van der Waals surface area (Å²) in [6.07, 6.45) is 2.10. The Bertz CT molecular complexity index is 424. The van der Waals surface area contributed by atoms with Crippen molar-refractivity contribution in [3.8, 4) is 11.5 Å². The maximum absolute atomic E-state index is 11.7. The van der Waals surface area contributed by atoms with Crippen LogP contribution < -0.4 is 14.8 Å². The van der Waals surface area contributed by atoms with Crippen molar-refractivity contribution in [3.63, 3.8) is 0 Å². The second-order valence-corrected chi connectivity index (χ2v) is 4.76. The Labute approximate surface area is 127 Å². The van der Waals surface area contributed by atoms with Crippen LogP contribution in [0, 0.1) is 0 Å². The van der Waals surface area contributed by atoms with Gasteiger partial charge in [-0.1, -0.05) is 19.4 Å². The fourth-order valence-corrected chi connectivity index (χ4v) is 1.78. The Kier molecular flexibility index (Phi) is 8.09. The van der Waals surface area contributed by atoms with Crippen molar-refractivity contribution in [2.75, 3.05) is 33.4 Å². The van der Waals surface area contributed by atoms with E-state index in [0.717, 1.165) is 30.9 Å². The molecule has 0 bridgehead atoms. The van der Waals surface area contributed by atoms with Gasteiger partial charge >= 0.3 is 6.03 Å². The van der Waals surface area contributed by atoms with Gasteiger partial charge in [0.15, 0.2) is 0 Å². The normalized spacial score (nSPS) is 10.0. The number of unbranched alkanes of at least 4 members (excludes halogenated alkanes) is 1. The molecule has 1 N–H and O–H groups in total. The van der Waals surface area contributed by atoms with Crippen LogP contribution in [0.5, 0.6) is 11.5 Å². The van der Waals surface area contributed by atoms with Crippen LogP contribution >= 0.6 is 0 Å². The van der Waals surface area contributed by atoms with Crippen LogP contribution in [-0.2, 0) is 0 Å². The molecule has 5 heteroatoms. The van der Waals surface area contributed by atoms with Gasteiger partial charge < -0.3 is 19.7 Å². The number of carbonyl (C=O) groups excluding carboxylic acids is 1. The Balaban J connectivity index is 2.24. The molecule has 0 saturated carbocycles. The molecule has 0 aromatic heterocycles. The van der Waals surface area contributed by atoms with Crippen LogP contribution in [0.25, 0.3) is 0 Å². The minimum Gasteiger partial charge on any atom is -0.494 e.